The molecule has 0 bridgehead atoms. The zero-order chi connectivity index (χ0) is 7.98. The van der Waals surface area contributed by atoms with Crippen LogP contribution in [0.3, 0.4) is 0 Å². The van der Waals surface area contributed by atoms with Gasteiger partial charge in [0.15, 0.2) is 0 Å². The summed E-state index contributed by atoms with van der Waals surface area (Å²) in [6.07, 6.45) is 0. The second kappa shape index (κ2) is 5.38. The van der Waals surface area contributed by atoms with E-state index in [0.717, 1.165) is 5.69 Å². The molecule has 0 spiro atoms. The first-order chi connectivity index (χ1) is 4.72. The molecule has 58 valence electrons. The molecule has 1 rings (SSSR count). The maximum absolute atomic E-state index is 7.57. The monoisotopic (exact) mass is 159 g/mol. The van der Waals surface area contributed by atoms with Gasteiger partial charge in [0.25, 0.3) is 0 Å². The van der Waals surface area contributed by atoms with Crippen LogP contribution < -0.4 is 0 Å². The predicted molar refractivity (Wildman–Crippen MR) is 44.3 cm³/mol. The van der Waals surface area contributed by atoms with Crippen LogP contribution in [-0.4, -0.2) is 16.7 Å². The van der Waals surface area contributed by atoms with Gasteiger partial charge in [0.2, 0.25) is 0 Å². The summed E-state index contributed by atoms with van der Waals surface area (Å²) in [6, 6.07) is 0. The Hall–Kier alpha value is -0.410. The quantitative estimate of drug-likeness (QED) is 0.625. The van der Waals surface area contributed by atoms with E-state index in [0.29, 0.717) is 0 Å². The number of thiazole rings is 1. The van der Waals surface area contributed by atoms with Crippen molar-refractivity contribution in [1.82, 2.24) is 4.98 Å². The largest absolute Gasteiger partial charge is 0.397 e. The van der Waals surface area contributed by atoms with Gasteiger partial charge >= 0.3 is 0 Å². The molecule has 2 nitrogen and oxygen atoms in total. The van der Waals surface area contributed by atoms with E-state index in [9.17, 15) is 0 Å². The maximum Gasteiger partial charge on any atom is 0.0797 e. The zero-order valence-corrected chi connectivity index (χ0v) is 7.40. The molecular weight excluding hydrogens is 146 g/mol. The van der Waals surface area contributed by atoms with Gasteiger partial charge < -0.3 is 5.11 Å². The van der Waals surface area contributed by atoms with Crippen molar-refractivity contribution >= 4 is 11.3 Å². The minimum Gasteiger partial charge on any atom is -0.397 e. The number of aromatic nitrogens is 1. The van der Waals surface area contributed by atoms with E-state index in [1.54, 1.807) is 18.3 Å². The van der Waals surface area contributed by atoms with Crippen molar-refractivity contribution in [2.75, 3.05) is 6.61 Å². The lowest BCUT2D eigenvalue weighted by Crippen LogP contribution is -1.68. The van der Waals surface area contributed by atoms with Crippen LogP contribution in [-0.2, 0) is 0 Å². The van der Waals surface area contributed by atoms with E-state index in [1.807, 2.05) is 12.4 Å². The Morgan fingerprint density at radius 3 is 2.20 bits per heavy atom. The zero-order valence-electron chi connectivity index (χ0n) is 6.59. The van der Waals surface area contributed by atoms with Crippen LogP contribution in [0.5, 0.6) is 0 Å². The molecule has 0 unspecified atom stereocenters. The average Bonchev–Trinajstić information content (AvgIpc) is 2.19. The normalized spacial score (nSPS) is 8.40. The lowest BCUT2D eigenvalue weighted by Gasteiger charge is -1.77. The Morgan fingerprint density at radius 1 is 1.60 bits per heavy atom. The van der Waals surface area contributed by atoms with Crippen LogP contribution >= 0.6 is 11.3 Å². The van der Waals surface area contributed by atoms with E-state index >= 15 is 0 Å². The number of aliphatic hydroxyl groups excluding tert-OH is 1. The molecule has 0 atom stereocenters. The van der Waals surface area contributed by atoms with Gasteiger partial charge in [-0.15, -0.1) is 11.3 Å². The molecule has 0 aliphatic rings. The molecule has 3 heteroatoms. The minimum atomic E-state index is 0.250. The third-order valence-electron chi connectivity index (χ3n) is 0.985. The standard InChI is InChI=1S/C5H7NS.C2H6O/c1-4-5(2)7-3-6-4;1-2-3/h3H,1-2H3;3H,2H2,1H3. The number of hydrogen-bond acceptors (Lipinski definition) is 3. The number of rotatable bonds is 0. The highest BCUT2D eigenvalue weighted by atomic mass is 32.1. The Balaban J connectivity index is 0.000000236. The molecule has 1 aromatic rings. The van der Waals surface area contributed by atoms with E-state index in [-0.39, 0.29) is 6.61 Å². The van der Waals surface area contributed by atoms with Gasteiger partial charge in [-0.3, -0.25) is 0 Å². The van der Waals surface area contributed by atoms with Crippen molar-refractivity contribution in [2.24, 2.45) is 0 Å². The average molecular weight is 159 g/mol. The molecule has 0 saturated carbocycles. The summed E-state index contributed by atoms with van der Waals surface area (Å²) in [5.41, 5.74) is 3.02. The summed E-state index contributed by atoms with van der Waals surface area (Å²) in [5, 5.41) is 7.57. The van der Waals surface area contributed by atoms with Crippen LogP contribution in [0, 0.1) is 13.8 Å². The Bertz CT molecular complexity index is 157. The summed E-state index contributed by atoms with van der Waals surface area (Å²) >= 11 is 1.69. The van der Waals surface area contributed by atoms with Gasteiger partial charge in [-0.25, -0.2) is 4.98 Å². The summed E-state index contributed by atoms with van der Waals surface area (Å²) < 4.78 is 0. The molecule has 0 fully saturated rings. The highest BCUT2D eigenvalue weighted by molar-refractivity contribution is 7.09. The van der Waals surface area contributed by atoms with Crippen LogP contribution in [0.25, 0.3) is 0 Å². The second-order valence-electron chi connectivity index (χ2n) is 1.81. The van der Waals surface area contributed by atoms with Gasteiger partial charge in [-0.2, -0.15) is 0 Å². The second-order valence-corrected chi connectivity index (χ2v) is 2.87. The van der Waals surface area contributed by atoms with Gasteiger partial charge in [-0.1, -0.05) is 0 Å². The highest BCUT2D eigenvalue weighted by Gasteiger charge is 1.88. The summed E-state index contributed by atoms with van der Waals surface area (Å²) in [7, 11) is 0. The van der Waals surface area contributed by atoms with Crippen molar-refractivity contribution < 1.29 is 5.11 Å². The first-order valence-corrected chi connectivity index (χ1v) is 4.07. The Morgan fingerprint density at radius 2 is 2.10 bits per heavy atom. The molecule has 0 radical (unpaired) electrons. The van der Waals surface area contributed by atoms with Crippen molar-refractivity contribution in [3.63, 3.8) is 0 Å². The lowest BCUT2D eigenvalue weighted by atomic mass is 10.4. The van der Waals surface area contributed by atoms with E-state index in [1.165, 1.54) is 4.88 Å². The van der Waals surface area contributed by atoms with Gasteiger partial charge in [-0.05, 0) is 20.8 Å². The summed E-state index contributed by atoms with van der Waals surface area (Å²) in [6.45, 7) is 6.03. The fourth-order valence-electron chi connectivity index (χ4n) is 0.361. The van der Waals surface area contributed by atoms with Crippen LogP contribution in [0.15, 0.2) is 5.51 Å². The predicted octanol–water partition coefficient (Wildman–Crippen LogP) is 1.76. The fraction of sp³-hybridized carbons (Fsp3) is 0.571. The summed E-state index contributed by atoms with van der Waals surface area (Å²) in [5.74, 6) is 0. The number of hydrogen-bond donors (Lipinski definition) is 1. The third kappa shape index (κ3) is 3.58. The lowest BCUT2D eigenvalue weighted by molar-refractivity contribution is 0.318. The Kier molecular flexibility index (Phi) is 5.16. The van der Waals surface area contributed by atoms with E-state index < -0.39 is 0 Å². The topological polar surface area (TPSA) is 33.1 Å². The molecule has 0 aliphatic heterocycles. The molecule has 10 heavy (non-hydrogen) atoms. The molecule has 0 aromatic carbocycles. The maximum atomic E-state index is 7.57. The van der Waals surface area contributed by atoms with Gasteiger partial charge in [0, 0.05) is 11.5 Å². The van der Waals surface area contributed by atoms with Crippen molar-refractivity contribution in [1.29, 1.82) is 0 Å². The van der Waals surface area contributed by atoms with Crippen LogP contribution in [0.2, 0.25) is 0 Å². The van der Waals surface area contributed by atoms with Crippen LogP contribution in [0.1, 0.15) is 17.5 Å². The first-order valence-electron chi connectivity index (χ1n) is 3.19. The third-order valence-corrected chi connectivity index (χ3v) is 1.85. The first kappa shape index (κ1) is 9.59. The van der Waals surface area contributed by atoms with Gasteiger partial charge in [0.1, 0.15) is 0 Å². The van der Waals surface area contributed by atoms with Crippen LogP contribution in [0.4, 0.5) is 0 Å². The molecular formula is C7H13NOS. The SMILES string of the molecule is CCO.Cc1ncsc1C. The molecule has 1 N–H and O–H groups in total. The van der Waals surface area contributed by atoms with E-state index in [4.69, 9.17) is 5.11 Å². The van der Waals surface area contributed by atoms with Crippen molar-refractivity contribution in [2.45, 2.75) is 20.8 Å². The molecule has 1 heterocycles. The number of nitrogens with zero attached hydrogens (tertiary/aromatic N) is 1. The number of aryl methyl sites for hydroxylation is 2. The van der Waals surface area contributed by atoms with Crippen molar-refractivity contribution in [3.05, 3.63) is 16.1 Å². The van der Waals surface area contributed by atoms with E-state index in [2.05, 4.69) is 11.9 Å². The molecule has 0 amide bonds. The highest BCUT2D eigenvalue weighted by Crippen LogP contribution is 2.07. The summed E-state index contributed by atoms with van der Waals surface area (Å²) in [4.78, 5) is 5.35. The minimum absolute atomic E-state index is 0.250. The van der Waals surface area contributed by atoms with Crippen molar-refractivity contribution in [3.8, 4) is 0 Å². The number of aliphatic hydroxyl groups is 1. The fourth-order valence-corrected chi connectivity index (χ4v) is 0.953. The molecule has 0 aliphatic carbocycles. The smallest absolute Gasteiger partial charge is 0.0797 e. The Labute approximate surface area is 65.6 Å². The molecule has 0 saturated heterocycles. The van der Waals surface area contributed by atoms with Gasteiger partial charge in [0.05, 0.1) is 11.2 Å². The molecule has 1 aromatic heterocycles.